The van der Waals surface area contributed by atoms with Crippen molar-refractivity contribution in [2.24, 2.45) is 5.10 Å². The lowest BCUT2D eigenvalue weighted by molar-refractivity contribution is 0.0955. The molecule has 5 nitrogen and oxygen atoms in total. The van der Waals surface area contributed by atoms with Crippen LogP contribution < -0.4 is 10.2 Å². The second-order valence-corrected chi connectivity index (χ2v) is 5.25. The van der Waals surface area contributed by atoms with E-state index in [4.69, 9.17) is 4.74 Å². The summed E-state index contributed by atoms with van der Waals surface area (Å²) >= 11 is 0. The average molecular weight is 331 g/mol. The minimum Gasteiger partial charge on any atom is -0.489 e. The summed E-state index contributed by atoms with van der Waals surface area (Å²) < 4.78 is 5.68. The van der Waals surface area contributed by atoms with Gasteiger partial charge in [0.05, 0.1) is 11.9 Å². The molecule has 25 heavy (non-hydrogen) atoms. The molecule has 0 aliphatic rings. The summed E-state index contributed by atoms with van der Waals surface area (Å²) in [7, 11) is 0. The third-order valence-corrected chi connectivity index (χ3v) is 3.42. The average Bonchev–Trinajstić information content (AvgIpc) is 2.68. The minimum absolute atomic E-state index is 0.275. The Morgan fingerprint density at radius 1 is 1.00 bits per heavy atom. The molecule has 2 aromatic carbocycles. The molecule has 124 valence electrons. The Bertz CT molecular complexity index is 832. The van der Waals surface area contributed by atoms with Gasteiger partial charge in [0, 0.05) is 11.8 Å². The van der Waals surface area contributed by atoms with Crippen molar-refractivity contribution < 1.29 is 9.53 Å². The summed E-state index contributed by atoms with van der Waals surface area (Å²) in [6.07, 6.45) is 3.17. The van der Waals surface area contributed by atoms with Crippen LogP contribution in [0.25, 0.3) is 0 Å². The van der Waals surface area contributed by atoms with Gasteiger partial charge in [-0.25, -0.2) is 5.43 Å². The summed E-state index contributed by atoms with van der Waals surface area (Å²) in [5, 5.41) is 3.90. The zero-order valence-electron chi connectivity index (χ0n) is 13.5. The summed E-state index contributed by atoms with van der Waals surface area (Å²) in [5.41, 5.74) is 4.67. The van der Waals surface area contributed by atoms with Crippen molar-refractivity contribution in [1.29, 1.82) is 0 Å². The van der Waals surface area contributed by atoms with Crippen molar-refractivity contribution in [3.05, 3.63) is 95.8 Å². The smallest absolute Gasteiger partial charge is 0.271 e. The number of nitrogens with zero attached hydrogens (tertiary/aromatic N) is 2. The van der Waals surface area contributed by atoms with Crippen molar-refractivity contribution in [2.45, 2.75) is 6.61 Å². The maximum Gasteiger partial charge on any atom is 0.271 e. The molecule has 0 atom stereocenters. The second-order valence-electron chi connectivity index (χ2n) is 5.25. The number of carbonyl (C=O) groups is 1. The number of nitrogens with one attached hydrogen (secondary N) is 1. The van der Waals surface area contributed by atoms with Gasteiger partial charge < -0.3 is 4.74 Å². The molecule has 0 radical (unpaired) electrons. The molecule has 0 saturated carbocycles. The first-order valence-corrected chi connectivity index (χ1v) is 7.82. The highest BCUT2D eigenvalue weighted by Crippen LogP contribution is 2.12. The van der Waals surface area contributed by atoms with Gasteiger partial charge in [-0.05, 0) is 42.0 Å². The Hall–Kier alpha value is -3.47. The molecule has 1 amide bonds. The van der Waals surface area contributed by atoms with Gasteiger partial charge in [0.1, 0.15) is 12.4 Å². The van der Waals surface area contributed by atoms with Crippen LogP contribution in [0.5, 0.6) is 5.75 Å². The second kappa shape index (κ2) is 8.40. The first kappa shape index (κ1) is 16.4. The van der Waals surface area contributed by atoms with Gasteiger partial charge in [-0.15, -0.1) is 0 Å². The van der Waals surface area contributed by atoms with Crippen LogP contribution in [-0.4, -0.2) is 17.1 Å². The van der Waals surface area contributed by atoms with Gasteiger partial charge in [0.15, 0.2) is 0 Å². The van der Waals surface area contributed by atoms with Crippen molar-refractivity contribution in [3.8, 4) is 5.75 Å². The van der Waals surface area contributed by atoms with E-state index in [0.29, 0.717) is 17.9 Å². The third kappa shape index (κ3) is 5.00. The number of carbonyl (C=O) groups excluding carboxylic acids is 1. The van der Waals surface area contributed by atoms with Gasteiger partial charge in [-0.2, -0.15) is 5.10 Å². The van der Waals surface area contributed by atoms with Crippen molar-refractivity contribution in [3.63, 3.8) is 0 Å². The lowest BCUT2D eigenvalue weighted by Crippen LogP contribution is -2.17. The molecule has 1 heterocycles. The van der Waals surface area contributed by atoms with Crippen LogP contribution >= 0.6 is 0 Å². The molecule has 1 aromatic heterocycles. The Labute approximate surface area is 146 Å². The van der Waals surface area contributed by atoms with E-state index in [9.17, 15) is 4.79 Å². The zero-order valence-corrected chi connectivity index (χ0v) is 13.5. The van der Waals surface area contributed by atoms with E-state index in [0.717, 1.165) is 11.3 Å². The Balaban J connectivity index is 1.52. The topological polar surface area (TPSA) is 63.6 Å². The fraction of sp³-hybridized carbons (Fsp3) is 0.0500. The fourth-order valence-electron chi connectivity index (χ4n) is 2.11. The van der Waals surface area contributed by atoms with Gasteiger partial charge in [-0.3, -0.25) is 9.78 Å². The number of amides is 1. The summed E-state index contributed by atoms with van der Waals surface area (Å²) in [5.74, 6) is 0.538. The maximum atomic E-state index is 12.0. The van der Waals surface area contributed by atoms with E-state index in [1.807, 2.05) is 54.6 Å². The van der Waals surface area contributed by atoms with Gasteiger partial charge in [0.2, 0.25) is 0 Å². The number of rotatable bonds is 6. The molecule has 0 fully saturated rings. The van der Waals surface area contributed by atoms with Crippen LogP contribution in [0.3, 0.4) is 0 Å². The van der Waals surface area contributed by atoms with Crippen LogP contribution in [0, 0.1) is 0 Å². The van der Waals surface area contributed by atoms with E-state index >= 15 is 0 Å². The predicted molar refractivity (Wildman–Crippen MR) is 96.5 cm³/mol. The SMILES string of the molecule is O=C(N/N=C\c1ccccn1)c1ccc(COc2ccccc2)cc1. The Morgan fingerprint density at radius 3 is 2.48 bits per heavy atom. The van der Waals surface area contributed by atoms with Crippen LogP contribution in [0.1, 0.15) is 21.6 Å². The van der Waals surface area contributed by atoms with E-state index in [-0.39, 0.29) is 5.91 Å². The monoisotopic (exact) mass is 331 g/mol. The summed E-state index contributed by atoms with van der Waals surface area (Å²) in [6, 6.07) is 22.3. The van der Waals surface area contributed by atoms with Gasteiger partial charge in [0.25, 0.3) is 5.91 Å². The highest BCUT2D eigenvalue weighted by atomic mass is 16.5. The zero-order chi connectivity index (χ0) is 17.3. The highest BCUT2D eigenvalue weighted by molar-refractivity contribution is 5.94. The Morgan fingerprint density at radius 2 is 1.76 bits per heavy atom. The number of para-hydroxylation sites is 1. The summed E-state index contributed by atoms with van der Waals surface area (Å²) in [6.45, 7) is 0.448. The maximum absolute atomic E-state index is 12.0. The number of benzene rings is 2. The third-order valence-electron chi connectivity index (χ3n) is 3.42. The molecule has 0 spiro atoms. The van der Waals surface area contributed by atoms with E-state index in [1.165, 1.54) is 6.21 Å². The van der Waals surface area contributed by atoms with Crippen LogP contribution in [0.4, 0.5) is 0 Å². The number of aromatic nitrogens is 1. The minimum atomic E-state index is -0.275. The largest absolute Gasteiger partial charge is 0.489 e. The first-order valence-electron chi connectivity index (χ1n) is 7.82. The molecule has 0 saturated heterocycles. The number of hydrazone groups is 1. The van der Waals surface area contributed by atoms with E-state index in [2.05, 4.69) is 15.5 Å². The molecule has 3 aromatic rings. The molecular weight excluding hydrogens is 314 g/mol. The lowest BCUT2D eigenvalue weighted by Gasteiger charge is -2.06. The fourth-order valence-corrected chi connectivity index (χ4v) is 2.11. The molecule has 0 unspecified atom stereocenters. The van der Waals surface area contributed by atoms with Crippen LogP contribution in [0.2, 0.25) is 0 Å². The quantitative estimate of drug-likeness (QED) is 0.556. The molecule has 0 aliphatic heterocycles. The van der Waals surface area contributed by atoms with Crippen molar-refractivity contribution in [2.75, 3.05) is 0 Å². The molecule has 5 heteroatoms. The predicted octanol–water partition coefficient (Wildman–Crippen LogP) is 3.42. The Kier molecular flexibility index (Phi) is 5.51. The normalized spacial score (nSPS) is 10.6. The first-order chi connectivity index (χ1) is 12.3. The summed E-state index contributed by atoms with van der Waals surface area (Å²) in [4.78, 5) is 16.1. The molecule has 0 bridgehead atoms. The molecule has 0 aliphatic carbocycles. The number of hydrogen-bond acceptors (Lipinski definition) is 4. The molecule has 1 N–H and O–H groups in total. The van der Waals surface area contributed by atoms with E-state index < -0.39 is 0 Å². The lowest BCUT2D eigenvalue weighted by atomic mass is 10.1. The van der Waals surface area contributed by atoms with Crippen molar-refractivity contribution in [1.82, 2.24) is 10.4 Å². The van der Waals surface area contributed by atoms with E-state index in [1.54, 1.807) is 24.4 Å². The van der Waals surface area contributed by atoms with Gasteiger partial charge >= 0.3 is 0 Å². The van der Waals surface area contributed by atoms with Crippen LogP contribution in [-0.2, 0) is 6.61 Å². The van der Waals surface area contributed by atoms with Crippen LogP contribution in [0.15, 0.2) is 84.1 Å². The number of ether oxygens (including phenoxy) is 1. The molecule has 3 rings (SSSR count). The molecular formula is C20H17N3O2. The van der Waals surface area contributed by atoms with Gasteiger partial charge in [-0.1, -0.05) is 36.4 Å². The van der Waals surface area contributed by atoms with Crippen molar-refractivity contribution >= 4 is 12.1 Å². The number of pyridine rings is 1. The highest BCUT2D eigenvalue weighted by Gasteiger charge is 2.04. The number of hydrogen-bond donors (Lipinski definition) is 1. The standard InChI is InChI=1S/C20H17N3O2/c24-20(23-22-14-18-6-4-5-13-21-18)17-11-9-16(10-12-17)15-25-19-7-2-1-3-8-19/h1-14H,15H2,(H,23,24)/b22-14-.